The van der Waals surface area contributed by atoms with Gasteiger partial charge in [-0.3, -0.25) is 0 Å². The van der Waals surface area contributed by atoms with E-state index >= 15 is 0 Å². The molecule has 0 amide bonds. The summed E-state index contributed by atoms with van der Waals surface area (Å²) in [5.41, 5.74) is 24.0. The molecule has 0 aliphatic heterocycles. The first-order chi connectivity index (χ1) is 48.9. The van der Waals surface area contributed by atoms with Crippen LogP contribution in [0.15, 0.2) is 247 Å². The number of aromatic nitrogens is 1. The Labute approximate surface area is 580 Å². The van der Waals surface area contributed by atoms with Crippen molar-refractivity contribution >= 4 is 60.8 Å². The van der Waals surface area contributed by atoms with Crippen LogP contribution in [-0.4, -0.2) is 112 Å². The largest absolute Gasteiger partial charge is 0.455 e. The zero-order valence-electron chi connectivity index (χ0n) is 57.0. The Morgan fingerprint density at radius 1 is 0.303 bits per heavy atom. The number of ether oxygens (including phenoxy) is 8. The summed E-state index contributed by atoms with van der Waals surface area (Å²) in [6.07, 6.45) is 3.00. The van der Waals surface area contributed by atoms with Crippen LogP contribution in [-0.2, 0) is 48.7 Å². The van der Waals surface area contributed by atoms with Crippen molar-refractivity contribution in [2.45, 2.75) is 36.5 Å². The fourth-order valence-corrected chi connectivity index (χ4v) is 15.9. The Morgan fingerprint density at radius 2 is 0.747 bits per heavy atom. The average molecular weight is 1310 g/mol. The van der Waals surface area contributed by atoms with Crippen LogP contribution in [0, 0.1) is 0 Å². The van der Waals surface area contributed by atoms with Gasteiger partial charge in [-0.05, 0) is 171 Å². The minimum Gasteiger partial charge on any atom is -0.455 e. The number of nitrogens with zero attached hydrogens (tertiary/aromatic N) is 2. The second-order valence-corrected chi connectivity index (χ2v) is 26.0. The van der Waals surface area contributed by atoms with Gasteiger partial charge in [-0.15, -0.1) is 0 Å². The molecule has 0 saturated heterocycles. The Bertz CT molecular complexity index is 4820. The second kappa shape index (κ2) is 29.5. The van der Waals surface area contributed by atoms with Crippen molar-refractivity contribution in [1.82, 2.24) is 4.57 Å². The van der Waals surface area contributed by atoms with Crippen LogP contribution in [0.5, 0.6) is 0 Å². The van der Waals surface area contributed by atoms with E-state index in [0.717, 1.165) is 115 Å². The topological polar surface area (TPSA) is 95.2 Å². The van der Waals surface area contributed by atoms with Gasteiger partial charge >= 0.3 is 0 Å². The minimum absolute atomic E-state index is 0.441. The van der Waals surface area contributed by atoms with E-state index in [1.54, 1.807) is 28.4 Å². The van der Waals surface area contributed by atoms with Gasteiger partial charge in [0.2, 0.25) is 0 Å². The molecule has 0 atom stereocenters. The van der Waals surface area contributed by atoms with E-state index in [2.05, 4.69) is 240 Å². The quantitative estimate of drug-likeness (QED) is 0.0391. The van der Waals surface area contributed by atoms with Crippen molar-refractivity contribution < 1.29 is 42.3 Å². The molecule has 11 nitrogen and oxygen atoms in total. The summed E-state index contributed by atoms with van der Waals surface area (Å²) in [6, 6.07) is 89.6. The number of hydrogen-bond donors (Lipinski definition) is 0. The lowest BCUT2D eigenvalue weighted by Gasteiger charge is -2.35. The molecule has 0 bridgehead atoms. The zero-order valence-corrected chi connectivity index (χ0v) is 57.0. The third-order valence-electron chi connectivity index (χ3n) is 20.6. The molecule has 0 radical (unpaired) electrons. The van der Waals surface area contributed by atoms with Crippen LogP contribution in [0.3, 0.4) is 0 Å². The van der Waals surface area contributed by atoms with E-state index in [9.17, 15) is 0 Å². The summed E-state index contributed by atoms with van der Waals surface area (Å²) in [5.74, 6) is 0. The lowest BCUT2D eigenvalue weighted by Crippen LogP contribution is -2.30. The Morgan fingerprint density at radius 3 is 1.32 bits per heavy atom. The molecular formula is C88H84N2O9. The van der Waals surface area contributed by atoms with Gasteiger partial charge in [0.15, 0.2) is 0 Å². The van der Waals surface area contributed by atoms with Crippen LogP contribution in [0.1, 0.15) is 47.9 Å². The molecule has 2 aliphatic rings. The SMILES string of the molecule is COCCOCCC1(CCOCCOC)c2ccccc2-c2ccc(N(c3ccc(-c4ccc5c(c4)c4ccccc4n5-c4ccc(-c5cccc6c5oc5ccccc56)cc4)c(-c4ccccc4)c3)c3ccc4c(c3)C(CCOCCOC)(CCOCCOC)c3ccccc3-4)cc21. The first-order valence-corrected chi connectivity index (χ1v) is 34.7. The Balaban J connectivity index is 0.885. The number of para-hydroxylation sites is 3. The average Bonchev–Trinajstić information content (AvgIpc) is 1.58. The summed E-state index contributed by atoms with van der Waals surface area (Å²) in [7, 11) is 6.89. The molecule has 99 heavy (non-hydrogen) atoms. The zero-order chi connectivity index (χ0) is 67.1. The minimum atomic E-state index is -0.441. The van der Waals surface area contributed by atoms with Crippen molar-refractivity contribution in [3.05, 3.63) is 265 Å². The first kappa shape index (κ1) is 65.4. The van der Waals surface area contributed by atoms with Crippen molar-refractivity contribution in [2.24, 2.45) is 0 Å². The highest BCUT2D eigenvalue weighted by molar-refractivity contribution is 6.12. The number of fused-ring (bicyclic) bond motifs is 12. The van der Waals surface area contributed by atoms with Gasteiger partial charge < -0.3 is 51.8 Å². The molecule has 500 valence electrons. The van der Waals surface area contributed by atoms with E-state index in [4.69, 9.17) is 42.3 Å². The van der Waals surface area contributed by atoms with Crippen LogP contribution in [0.2, 0.25) is 0 Å². The Kier molecular flexibility index (Phi) is 19.5. The van der Waals surface area contributed by atoms with Gasteiger partial charge in [0.05, 0.1) is 63.9 Å². The lowest BCUT2D eigenvalue weighted by molar-refractivity contribution is 0.0490. The molecular weight excluding hydrogens is 1230 g/mol. The van der Waals surface area contributed by atoms with Crippen LogP contribution < -0.4 is 4.90 Å². The van der Waals surface area contributed by atoms with Gasteiger partial charge in [0.1, 0.15) is 11.2 Å². The Hall–Kier alpha value is -9.50. The van der Waals surface area contributed by atoms with Crippen molar-refractivity contribution in [1.29, 1.82) is 0 Å². The van der Waals surface area contributed by atoms with Crippen LogP contribution >= 0.6 is 0 Å². The van der Waals surface area contributed by atoms with E-state index in [1.807, 2.05) is 12.1 Å². The van der Waals surface area contributed by atoms with Gasteiger partial charge in [-0.2, -0.15) is 0 Å². The van der Waals surface area contributed by atoms with Crippen LogP contribution in [0.25, 0.3) is 105 Å². The molecule has 13 aromatic rings. The number of anilines is 3. The van der Waals surface area contributed by atoms with Crippen molar-refractivity contribution in [3.63, 3.8) is 0 Å². The highest BCUT2D eigenvalue weighted by Crippen LogP contribution is 2.57. The van der Waals surface area contributed by atoms with Crippen LogP contribution in [0.4, 0.5) is 17.1 Å². The second-order valence-electron chi connectivity index (χ2n) is 26.0. The molecule has 0 N–H and O–H groups in total. The van der Waals surface area contributed by atoms with Crippen molar-refractivity contribution in [2.75, 3.05) is 113 Å². The predicted molar refractivity (Wildman–Crippen MR) is 401 cm³/mol. The molecule has 0 unspecified atom stereocenters. The van der Waals surface area contributed by atoms with Gasteiger partial charge in [0.25, 0.3) is 0 Å². The first-order valence-electron chi connectivity index (χ1n) is 34.7. The molecule has 0 fully saturated rings. The summed E-state index contributed by atoms with van der Waals surface area (Å²) in [6.45, 7) is 6.33. The fraction of sp³-hybridized carbons (Fsp3) is 0.250. The van der Waals surface area contributed by atoms with E-state index < -0.39 is 10.8 Å². The summed E-state index contributed by atoms with van der Waals surface area (Å²) < 4.78 is 56.4. The third-order valence-corrected chi connectivity index (χ3v) is 20.6. The maximum atomic E-state index is 6.51. The van der Waals surface area contributed by atoms with E-state index in [-0.39, 0.29) is 0 Å². The molecule has 15 rings (SSSR count). The standard InChI is InChI=1S/C88H84N2O9/c1-91-49-53-95-45-41-87(42-46-96-54-50-92-2)79-25-12-8-19-70(79)72-38-35-66(59-81(72)87)89(67-36-39-73-71-20-9-13-26-80(71)88(82(73)60-67,43-47-97-55-51-93-3)44-48-98-56-52-94-4)65-34-37-68(77(58-65)61-17-6-5-7-18-61)63-31-40-84-78(57-63)74-21-10-14-27-83(74)90(84)64-32-29-62(30-33-64)69-23-16-24-76-75-22-11-15-28-85(75)99-86(69)76/h5-40,57-60H,41-56H2,1-4H3. The third kappa shape index (κ3) is 12.5. The summed E-state index contributed by atoms with van der Waals surface area (Å²) >= 11 is 0. The molecule has 11 aromatic carbocycles. The van der Waals surface area contributed by atoms with E-state index in [0.29, 0.717) is 79.3 Å². The maximum absolute atomic E-state index is 6.51. The fourth-order valence-electron chi connectivity index (χ4n) is 15.9. The predicted octanol–water partition coefficient (Wildman–Crippen LogP) is 19.9. The lowest BCUT2D eigenvalue weighted by atomic mass is 9.73. The number of hydrogen-bond acceptors (Lipinski definition) is 10. The highest BCUT2D eigenvalue weighted by Gasteiger charge is 2.45. The molecule has 2 aliphatic carbocycles. The summed E-state index contributed by atoms with van der Waals surface area (Å²) in [5, 5.41) is 4.61. The molecule has 11 heteroatoms. The number of furan rings is 1. The molecule has 0 saturated carbocycles. The molecule has 0 spiro atoms. The highest BCUT2D eigenvalue weighted by atomic mass is 16.5. The van der Waals surface area contributed by atoms with Gasteiger partial charge in [-0.1, -0.05) is 170 Å². The van der Waals surface area contributed by atoms with E-state index in [1.165, 1.54) is 55.3 Å². The van der Waals surface area contributed by atoms with Crippen molar-refractivity contribution in [3.8, 4) is 61.3 Å². The molecule has 2 aromatic heterocycles. The normalized spacial score (nSPS) is 13.4. The number of methoxy groups -OCH3 is 4. The van der Waals surface area contributed by atoms with Gasteiger partial charge in [-0.25, -0.2) is 0 Å². The summed E-state index contributed by atoms with van der Waals surface area (Å²) in [4.78, 5) is 2.49. The molecule has 2 heterocycles. The smallest absolute Gasteiger partial charge is 0.143 e. The monoisotopic (exact) mass is 1310 g/mol. The number of benzene rings is 11. The van der Waals surface area contributed by atoms with Gasteiger partial charge in [0, 0.05) is 116 Å². The maximum Gasteiger partial charge on any atom is 0.143 e. The number of rotatable bonds is 31.